The number of morpholine rings is 1. The smallest absolute Gasteiger partial charge is 0.321 e. The van der Waals surface area contributed by atoms with Crippen LogP contribution in [-0.2, 0) is 16.0 Å². The summed E-state index contributed by atoms with van der Waals surface area (Å²) in [5, 5.41) is 10.1. The van der Waals surface area contributed by atoms with Crippen LogP contribution in [0.2, 0.25) is 5.02 Å². The van der Waals surface area contributed by atoms with E-state index < -0.39 is 12.0 Å². The van der Waals surface area contributed by atoms with E-state index in [-0.39, 0.29) is 0 Å². The van der Waals surface area contributed by atoms with E-state index in [9.17, 15) is 9.90 Å². The summed E-state index contributed by atoms with van der Waals surface area (Å²) >= 11 is 6.08. The molecule has 0 spiro atoms. The number of ether oxygens (including phenoxy) is 1. The van der Waals surface area contributed by atoms with Crippen LogP contribution in [-0.4, -0.2) is 48.3 Å². The van der Waals surface area contributed by atoms with Gasteiger partial charge in [0, 0.05) is 18.1 Å². The summed E-state index contributed by atoms with van der Waals surface area (Å²) in [5.74, 6) is -0.793. The van der Waals surface area contributed by atoms with Gasteiger partial charge >= 0.3 is 5.97 Å². The van der Waals surface area contributed by atoms with Crippen LogP contribution < -0.4 is 0 Å². The van der Waals surface area contributed by atoms with E-state index in [1.807, 2.05) is 30.0 Å². The van der Waals surface area contributed by atoms with Crippen molar-refractivity contribution in [2.24, 2.45) is 0 Å². The van der Waals surface area contributed by atoms with Crippen LogP contribution in [0.15, 0.2) is 18.2 Å². The maximum Gasteiger partial charge on any atom is 0.321 e. The molecule has 1 fully saturated rings. The molecular weight excluding hydrogens is 266 g/mol. The van der Waals surface area contributed by atoms with Crippen LogP contribution in [0.5, 0.6) is 0 Å². The Labute approximate surface area is 117 Å². The van der Waals surface area contributed by atoms with Crippen LogP contribution in [0.25, 0.3) is 0 Å². The summed E-state index contributed by atoms with van der Waals surface area (Å²) in [7, 11) is 0. The molecule has 0 saturated carbocycles. The van der Waals surface area contributed by atoms with Gasteiger partial charge in [-0.1, -0.05) is 23.7 Å². The van der Waals surface area contributed by atoms with Gasteiger partial charge in [0.1, 0.15) is 6.04 Å². The first kappa shape index (κ1) is 14.3. The van der Waals surface area contributed by atoms with Gasteiger partial charge in [-0.3, -0.25) is 9.69 Å². The molecule has 1 aliphatic heterocycles. The third-order valence-corrected chi connectivity index (χ3v) is 3.84. The molecule has 5 heteroatoms. The van der Waals surface area contributed by atoms with E-state index in [1.54, 1.807) is 0 Å². The van der Waals surface area contributed by atoms with E-state index in [2.05, 4.69) is 0 Å². The summed E-state index contributed by atoms with van der Waals surface area (Å²) in [4.78, 5) is 13.4. The van der Waals surface area contributed by atoms with Crippen molar-refractivity contribution >= 4 is 17.6 Å². The van der Waals surface area contributed by atoms with Crippen molar-refractivity contribution in [3.05, 3.63) is 34.3 Å². The van der Waals surface area contributed by atoms with Crippen LogP contribution in [0.3, 0.4) is 0 Å². The second-order valence-corrected chi connectivity index (χ2v) is 5.20. The van der Waals surface area contributed by atoms with E-state index in [4.69, 9.17) is 16.3 Å². The predicted octanol–water partition coefficient (Wildman–Crippen LogP) is 1.98. The lowest BCUT2D eigenvalue weighted by Crippen LogP contribution is -2.48. The number of aryl methyl sites for hydroxylation is 1. The van der Waals surface area contributed by atoms with Gasteiger partial charge in [0.25, 0.3) is 0 Å². The first-order valence-corrected chi connectivity index (χ1v) is 6.75. The van der Waals surface area contributed by atoms with Gasteiger partial charge in [0.05, 0.1) is 13.2 Å². The number of nitrogens with zero attached hydrogens (tertiary/aromatic N) is 1. The summed E-state index contributed by atoms with van der Waals surface area (Å²) in [6.07, 6.45) is 0.468. The molecule has 1 saturated heterocycles. The molecule has 1 heterocycles. The monoisotopic (exact) mass is 283 g/mol. The minimum absolute atomic E-state index is 0.468. The number of rotatable bonds is 4. The Morgan fingerprint density at radius 3 is 2.74 bits per heavy atom. The largest absolute Gasteiger partial charge is 0.480 e. The van der Waals surface area contributed by atoms with E-state index in [0.717, 1.165) is 11.1 Å². The van der Waals surface area contributed by atoms with Crippen LogP contribution >= 0.6 is 11.6 Å². The third-order valence-electron chi connectivity index (χ3n) is 3.44. The van der Waals surface area contributed by atoms with Gasteiger partial charge in [0.15, 0.2) is 0 Å². The van der Waals surface area contributed by atoms with Crippen LogP contribution in [0.1, 0.15) is 11.1 Å². The summed E-state index contributed by atoms with van der Waals surface area (Å²) in [5.41, 5.74) is 1.96. The molecule has 0 bridgehead atoms. The number of aliphatic carboxylic acids is 1. The number of carboxylic acid groups (broad SMARTS) is 1. The standard InChI is InChI=1S/C14H18ClNO3/c1-10-2-3-11(8-12(10)15)9-13(14(17)18)16-4-6-19-7-5-16/h2-3,8,13H,4-7,9H2,1H3,(H,17,18)/t13-/m1/s1. The maximum absolute atomic E-state index is 11.4. The van der Waals surface area contributed by atoms with Gasteiger partial charge in [-0.05, 0) is 30.5 Å². The van der Waals surface area contributed by atoms with Gasteiger partial charge in [-0.2, -0.15) is 0 Å². The molecule has 19 heavy (non-hydrogen) atoms. The number of carboxylic acids is 1. The molecule has 0 unspecified atom stereocenters. The fourth-order valence-electron chi connectivity index (χ4n) is 2.25. The zero-order valence-electron chi connectivity index (χ0n) is 10.9. The Bertz CT molecular complexity index is 458. The molecule has 1 aromatic rings. The summed E-state index contributed by atoms with van der Waals surface area (Å²) in [6, 6.07) is 5.21. The van der Waals surface area contributed by atoms with Gasteiger partial charge < -0.3 is 9.84 Å². The van der Waals surface area contributed by atoms with Crippen molar-refractivity contribution in [2.75, 3.05) is 26.3 Å². The van der Waals surface area contributed by atoms with Crippen molar-refractivity contribution in [3.63, 3.8) is 0 Å². The molecule has 1 atom stereocenters. The Morgan fingerprint density at radius 2 is 2.16 bits per heavy atom. The average molecular weight is 284 g/mol. The Kier molecular flexibility index (Phi) is 4.80. The lowest BCUT2D eigenvalue weighted by atomic mass is 10.0. The first-order valence-electron chi connectivity index (χ1n) is 6.37. The summed E-state index contributed by atoms with van der Waals surface area (Å²) in [6.45, 7) is 4.45. The normalized spacial score (nSPS) is 18.2. The SMILES string of the molecule is Cc1ccc(C[C@H](C(=O)O)N2CCOCC2)cc1Cl. The molecule has 0 aliphatic carbocycles. The highest BCUT2D eigenvalue weighted by molar-refractivity contribution is 6.31. The second kappa shape index (κ2) is 6.37. The Balaban J connectivity index is 2.11. The zero-order chi connectivity index (χ0) is 13.8. The maximum atomic E-state index is 11.4. The van der Waals surface area contributed by atoms with Crippen molar-refractivity contribution in [3.8, 4) is 0 Å². The molecule has 104 valence electrons. The molecule has 1 aromatic carbocycles. The van der Waals surface area contributed by atoms with Crippen LogP contribution in [0.4, 0.5) is 0 Å². The number of carbonyl (C=O) groups is 1. The Morgan fingerprint density at radius 1 is 1.47 bits per heavy atom. The fourth-order valence-corrected chi connectivity index (χ4v) is 2.45. The number of hydrogen-bond donors (Lipinski definition) is 1. The zero-order valence-corrected chi connectivity index (χ0v) is 11.7. The number of benzene rings is 1. The van der Waals surface area contributed by atoms with Crippen molar-refractivity contribution in [1.29, 1.82) is 0 Å². The van der Waals surface area contributed by atoms with Crippen molar-refractivity contribution in [1.82, 2.24) is 4.90 Å². The quantitative estimate of drug-likeness (QED) is 0.918. The summed E-state index contributed by atoms with van der Waals surface area (Å²) < 4.78 is 5.26. The predicted molar refractivity (Wildman–Crippen MR) is 73.7 cm³/mol. The van der Waals surface area contributed by atoms with Gasteiger partial charge in [0.2, 0.25) is 0 Å². The molecule has 2 rings (SSSR count). The lowest BCUT2D eigenvalue weighted by Gasteiger charge is -2.32. The molecule has 1 N–H and O–H groups in total. The number of hydrogen-bond acceptors (Lipinski definition) is 3. The molecular formula is C14H18ClNO3. The highest BCUT2D eigenvalue weighted by Crippen LogP contribution is 2.19. The fraction of sp³-hybridized carbons (Fsp3) is 0.500. The third kappa shape index (κ3) is 3.69. The highest BCUT2D eigenvalue weighted by Gasteiger charge is 2.27. The number of halogens is 1. The van der Waals surface area contributed by atoms with E-state index >= 15 is 0 Å². The second-order valence-electron chi connectivity index (χ2n) is 4.79. The first-order chi connectivity index (χ1) is 9.08. The highest BCUT2D eigenvalue weighted by atomic mass is 35.5. The van der Waals surface area contributed by atoms with E-state index in [1.165, 1.54) is 0 Å². The van der Waals surface area contributed by atoms with E-state index in [0.29, 0.717) is 37.7 Å². The molecule has 0 aromatic heterocycles. The lowest BCUT2D eigenvalue weighted by molar-refractivity contribution is -0.145. The minimum atomic E-state index is -0.793. The minimum Gasteiger partial charge on any atom is -0.480 e. The average Bonchev–Trinajstić information content (AvgIpc) is 2.40. The Hall–Kier alpha value is -1.10. The van der Waals surface area contributed by atoms with Crippen LogP contribution in [0, 0.1) is 6.92 Å². The molecule has 0 radical (unpaired) electrons. The van der Waals surface area contributed by atoms with Crippen molar-refractivity contribution in [2.45, 2.75) is 19.4 Å². The topological polar surface area (TPSA) is 49.8 Å². The molecule has 4 nitrogen and oxygen atoms in total. The molecule has 0 amide bonds. The van der Waals surface area contributed by atoms with Gasteiger partial charge in [-0.25, -0.2) is 0 Å². The molecule has 1 aliphatic rings. The van der Waals surface area contributed by atoms with Crippen molar-refractivity contribution < 1.29 is 14.6 Å². The van der Waals surface area contributed by atoms with Gasteiger partial charge in [-0.15, -0.1) is 0 Å².